The van der Waals surface area contributed by atoms with Gasteiger partial charge in [0.05, 0.1) is 0 Å². The number of nitrogens with zero attached hydrogens (tertiary/aromatic N) is 3. The van der Waals surface area contributed by atoms with Gasteiger partial charge in [-0.05, 0) is 26.1 Å². The van der Waals surface area contributed by atoms with E-state index >= 15 is 0 Å². The van der Waals surface area contributed by atoms with Crippen molar-refractivity contribution in [2.24, 2.45) is 0 Å². The summed E-state index contributed by atoms with van der Waals surface area (Å²) in [6.45, 7) is 5.92. The lowest BCUT2D eigenvalue weighted by molar-refractivity contribution is 0.724. The van der Waals surface area contributed by atoms with Gasteiger partial charge in [-0.1, -0.05) is 0 Å². The normalized spacial score (nSPS) is 10.2. The third-order valence-electron chi connectivity index (χ3n) is 1.87. The zero-order valence-electron chi connectivity index (χ0n) is 7.66. The highest BCUT2D eigenvalue weighted by atomic mass is 32.1. The van der Waals surface area contributed by atoms with E-state index in [1.165, 1.54) is 0 Å². The lowest BCUT2D eigenvalue weighted by atomic mass is 10.6. The minimum Gasteiger partial charge on any atom is -0.344 e. The molecule has 4 nitrogen and oxygen atoms in total. The molecule has 0 aliphatic rings. The van der Waals surface area contributed by atoms with E-state index in [4.69, 9.17) is 12.2 Å². The van der Waals surface area contributed by atoms with Gasteiger partial charge in [0.15, 0.2) is 4.77 Å². The van der Waals surface area contributed by atoms with Crippen LogP contribution in [0.25, 0.3) is 0 Å². The fraction of sp³-hybridized carbons (Fsp3) is 0.714. The fourth-order valence-corrected chi connectivity index (χ4v) is 1.28. The maximum atomic E-state index is 5.06. The Labute approximate surface area is 77.2 Å². The first kappa shape index (κ1) is 9.25. The van der Waals surface area contributed by atoms with E-state index in [2.05, 4.69) is 28.9 Å². The Hall–Kier alpha value is -0.840. The number of rotatable bonds is 3. The summed E-state index contributed by atoms with van der Waals surface area (Å²) in [7, 11) is 2.00. The van der Waals surface area contributed by atoms with Gasteiger partial charge in [-0.25, -0.2) is 5.10 Å². The van der Waals surface area contributed by atoms with Crippen LogP contribution in [0.1, 0.15) is 13.8 Å². The Morgan fingerprint density at radius 1 is 1.58 bits per heavy atom. The van der Waals surface area contributed by atoms with Crippen LogP contribution < -0.4 is 4.90 Å². The second kappa shape index (κ2) is 3.71. The van der Waals surface area contributed by atoms with Gasteiger partial charge in [-0.2, -0.15) is 0 Å². The summed E-state index contributed by atoms with van der Waals surface area (Å²) in [5, 5.41) is 6.91. The molecular formula is C7H14N4S. The predicted molar refractivity (Wildman–Crippen MR) is 52.0 cm³/mol. The molecule has 0 bridgehead atoms. The molecule has 0 fully saturated rings. The molecule has 0 spiro atoms. The smallest absolute Gasteiger partial charge is 0.225 e. The van der Waals surface area contributed by atoms with E-state index in [-0.39, 0.29) is 0 Å². The van der Waals surface area contributed by atoms with Gasteiger partial charge in [0.25, 0.3) is 0 Å². The lowest BCUT2D eigenvalue weighted by Crippen LogP contribution is -2.20. The summed E-state index contributed by atoms with van der Waals surface area (Å²) >= 11 is 5.06. The minimum absolute atomic E-state index is 0.688. The Morgan fingerprint density at radius 2 is 2.25 bits per heavy atom. The molecule has 0 amide bonds. The standard InChI is InChI=1S/C7H14N4S/c1-4-10(3)6-8-9-7(12)11(6)5-2/h4-5H2,1-3H3,(H,9,12). The van der Waals surface area contributed by atoms with Gasteiger partial charge >= 0.3 is 0 Å². The molecule has 0 saturated carbocycles. The molecule has 1 aromatic rings. The van der Waals surface area contributed by atoms with Crippen LogP contribution in [0.5, 0.6) is 0 Å². The molecule has 1 rings (SSSR count). The Kier molecular flexibility index (Phi) is 2.86. The third kappa shape index (κ3) is 1.50. The van der Waals surface area contributed by atoms with Crippen molar-refractivity contribution in [1.29, 1.82) is 0 Å². The van der Waals surface area contributed by atoms with Crippen LogP contribution in [0.15, 0.2) is 0 Å². The maximum Gasteiger partial charge on any atom is 0.225 e. The number of nitrogens with one attached hydrogen (secondary N) is 1. The molecule has 0 unspecified atom stereocenters. The average molecular weight is 186 g/mol. The molecule has 0 saturated heterocycles. The maximum absolute atomic E-state index is 5.06. The van der Waals surface area contributed by atoms with Crippen molar-refractivity contribution in [2.75, 3.05) is 18.5 Å². The van der Waals surface area contributed by atoms with Crippen LogP contribution in [-0.4, -0.2) is 28.4 Å². The molecular weight excluding hydrogens is 172 g/mol. The lowest BCUT2D eigenvalue weighted by Gasteiger charge is -2.15. The summed E-state index contributed by atoms with van der Waals surface area (Å²) in [5.74, 6) is 0.907. The van der Waals surface area contributed by atoms with Crippen molar-refractivity contribution in [2.45, 2.75) is 20.4 Å². The van der Waals surface area contributed by atoms with E-state index in [1.807, 2.05) is 11.6 Å². The first-order chi connectivity index (χ1) is 5.70. The van der Waals surface area contributed by atoms with Crippen LogP contribution >= 0.6 is 12.2 Å². The SMILES string of the molecule is CCN(C)c1n[nH]c(=S)n1CC. The van der Waals surface area contributed by atoms with Crippen LogP contribution in [0.4, 0.5) is 5.95 Å². The average Bonchev–Trinajstić information content (AvgIpc) is 2.45. The van der Waals surface area contributed by atoms with Crippen LogP contribution in [0, 0.1) is 4.77 Å². The molecule has 0 aromatic carbocycles. The largest absolute Gasteiger partial charge is 0.344 e. The van der Waals surface area contributed by atoms with Gasteiger partial charge in [0.1, 0.15) is 0 Å². The molecule has 0 atom stereocenters. The van der Waals surface area contributed by atoms with Crippen molar-refractivity contribution >= 4 is 18.2 Å². The molecule has 0 aliphatic carbocycles. The Morgan fingerprint density at radius 3 is 2.75 bits per heavy atom. The molecule has 12 heavy (non-hydrogen) atoms. The molecule has 1 aromatic heterocycles. The predicted octanol–water partition coefficient (Wildman–Crippen LogP) is 1.42. The first-order valence-corrected chi connectivity index (χ1v) is 4.47. The van der Waals surface area contributed by atoms with Crippen LogP contribution in [0.2, 0.25) is 0 Å². The van der Waals surface area contributed by atoms with E-state index < -0.39 is 0 Å². The summed E-state index contributed by atoms with van der Waals surface area (Å²) in [5.41, 5.74) is 0. The van der Waals surface area contributed by atoms with E-state index in [1.54, 1.807) is 0 Å². The van der Waals surface area contributed by atoms with Gasteiger partial charge in [0, 0.05) is 20.1 Å². The highest BCUT2D eigenvalue weighted by Gasteiger charge is 2.06. The van der Waals surface area contributed by atoms with Crippen LogP contribution in [0.3, 0.4) is 0 Å². The van der Waals surface area contributed by atoms with Gasteiger partial charge in [-0.15, -0.1) is 5.10 Å². The van der Waals surface area contributed by atoms with Crippen molar-refractivity contribution in [3.05, 3.63) is 4.77 Å². The van der Waals surface area contributed by atoms with Crippen molar-refractivity contribution in [3.63, 3.8) is 0 Å². The highest BCUT2D eigenvalue weighted by Crippen LogP contribution is 2.07. The van der Waals surface area contributed by atoms with Gasteiger partial charge in [-0.3, -0.25) is 4.57 Å². The molecule has 0 radical (unpaired) electrons. The van der Waals surface area contributed by atoms with Gasteiger partial charge in [0.2, 0.25) is 5.95 Å². The summed E-state index contributed by atoms with van der Waals surface area (Å²) in [4.78, 5) is 2.05. The zero-order valence-corrected chi connectivity index (χ0v) is 8.48. The quantitative estimate of drug-likeness (QED) is 0.725. The number of aromatic nitrogens is 3. The molecule has 0 aliphatic heterocycles. The summed E-state index contributed by atoms with van der Waals surface area (Å²) < 4.78 is 2.66. The molecule has 5 heteroatoms. The Balaban J connectivity index is 3.07. The highest BCUT2D eigenvalue weighted by molar-refractivity contribution is 7.71. The molecule has 1 N–H and O–H groups in total. The van der Waals surface area contributed by atoms with E-state index in [0.717, 1.165) is 19.0 Å². The number of hydrogen-bond acceptors (Lipinski definition) is 3. The number of H-pyrrole nitrogens is 1. The fourth-order valence-electron chi connectivity index (χ4n) is 1.03. The summed E-state index contributed by atoms with van der Waals surface area (Å²) in [6, 6.07) is 0. The Bertz CT molecular complexity index is 301. The monoisotopic (exact) mass is 186 g/mol. The third-order valence-corrected chi connectivity index (χ3v) is 2.18. The van der Waals surface area contributed by atoms with Crippen LogP contribution in [-0.2, 0) is 6.54 Å². The van der Waals surface area contributed by atoms with Crippen molar-refractivity contribution in [3.8, 4) is 0 Å². The first-order valence-electron chi connectivity index (χ1n) is 4.07. The summed E-state index contributed by atoms with van der Waals surface area (Å²) in [6.07, 6.45) is 0. The number of aromatic amines is 1. The zero-order chi connectivity index (χ0) is 9.14. The second-order valence-electron chi connectivity index (χ2n) is 2.59. The number of hydrogen-bond donors (Lipinski definition) is 1. The molecule has 1 heterocycles. The topological polar surface area (TPSA) is 36.9 Å². The van der Waals surface area contributed by atoms with E-state index in [9.17, 15) is 0 Å². The minimum atomic E-state index is 0.688. The van der Waals surface area contributed by atoms with Crippen molar-refractivity contribution in [1.82, 2.24) is 14.8 Å². The van der Waals surface area contributed by atoms with E-state index in [0.29, 0.717) is 4.77 Å². The van der Waals surface area contributed by atoms with Crippen molar-refractivity contribution < 1.29 is 0 Å². The number of anilines is 1. The van der Waals surface area contributed by atoms with Gasteiger partial charge < -0.3 is 4.90 Å². The molecule has 68 valence electrons. The second-order valence-corrected chi connectivity index (χ2v) is 2.97.